The largest absolute Gasteiger partial charge is 0.397 e. The maximum Gasteiger partial charge on any atom is 0.251 e. The number of benzene rings is 1. The fourth-order valence-electron chi connectivity index (χ4n) is 2.86. The number of nitrogen functional groups attached to an aromatic ring is 1. The molecule has 1 heterocycles. The number of carbonyl (C=O) groups excluding carboxylic acids is 1. The zero-order valence-electron chi connectivity index (χ0n) is 13.4. The number of anilines is 2. The predicted octanol–water partition coefficient (Wildman–Crippen LogP) is 3.04. The summed E-state index contributed by atoms with van der Waals surface area (Å²) in [5.41, 5.74) is 9.00. The molecular weight excluding hydrogens is 262 g/mol. The Morgan fingerprint density at radius 2 is 2.00 bits per heavy atom. The van der Waals surface area contributed by atoms with Crippen LogP contribution in [0, 0.1) is 5.41 Å². The van der Waals surface area contributed by atoms with Crippen molar-refractivity contribution in [3.63, 3.8) is 0 Å². The number of amides is 1. The van der Waals surface area contributed by atoms with Crippen LogP contribution in [0.25, 0.3) is 0 Å². The molecule has 4 heteroatoms. The van der Waals surface area contributed by atoms with E-state index >= 15 is 0 Å². The van der Waals surface area contributed by atoms with Crippen molar-refractivity contribution in [1.29, 1.82) is 0 Å². The molecule has 1 aliphatic rings. The van der Waals surface area contributed by atoms with E-state index in [9.17, 15) is 4.79 Å². The third kappa shape index (κ3) is 3.49. The Morgan fingerprint density at radius 3 is 2.57 bits per heavy atom. The van der Waals surface area contributed by atoms with Gasteiger partial charge in [0.1, 0.15) is 0 Å². The lowest BCUT2D eigenvalue weighted by Crippen LogP contribution is -2.38. The highest BCUT2D eigenvalue weighted by atomic mass is 16.1. The van der Waals surface area contributed by atoms with E-state index in [1.54, 1.807) is 6.07 Å². The Bertz CT molecular complexity index is 505. The normalized spacial score (nSPS) is 17.6. The Morgan fingerprint density at radius 1 is 1.33 bits per heavy atom. The zero-order valence-corrected chi connectivity index (χ0v) is 13.4. The Hall–Kier alpha value is -1.71. The summed E-state index contributed by atoms with van der Waals surface area (Å²) in [6, 6.07) is 5.56. The van der Waals surface area contributed by atoms with Gasteiger partial charge in [0.15, 0.2) is 0 Å². The molecule has 3 N–H and O–H groups in total. The van der Waals surface area contributed by atoms with Crippen molar-refractivity contribution in [2.75, 3.05) is 30.3 Å². The molecule has 0 saturated carbocycles. The van der Waals surface area contributed by atoms with Crippen molar-refractivity contribution in [3.05, 3.63) is 23.8 Å². The number of rotatable bonds is 4. The molecule has 0 spiro atoms. The van der Waals surface area contributed by atoms with E-state index in [1.165, 1.54) is 19.3 Å². The second kappa shape index (κ2) is 6.37. The van der Waals surface area contributed by atoms with Crippen molar-refractivity contribution >= 4 is 17.3 Å². The highest BCUT2D eigenvalue weighted by Gasteiger charge is 2.29. The Labute approximate surface area is 127 Å². The van der Waals surface area contributed by atoms with E-state index in [2.05, 4.69) is 24.1 Å². The molecule has 4 nitrogen and oxygen atoms in total. The first-order valence-electron chi connectivity index (χ1n) is 7.92. The summed E-state index contributed by atoms with van der Waals surface area (Å²) < 4.78 is 0. The summed E-state index contributed by atoms with van der Waals surface area (Å²) in [4.78, 5) is 14.3. The predicted molar refractivity (Wildman–Crippen MR) is 88.7 cm³/mol. The van der Waals surface area contributed by atoms with Gasteiger partial charge in [-0.2, -0.15) is 0 Å². The number of carbonyl (C=O) groups is 1. The molecule has 21 heavy (non-hydrogen) atoms. The standard InChI is InChI=1S/C17H27N3O/c1-4-17(3)8-10-20(11-9-17)15-12-13(6-7-14(15)18)16(21)19-5-2/h6-7,12H,4-5,8-11,18H2,1-3H3,(H,19,21). The summed E-state index contributed by atoms with van der Waals surface area (Å²) in [5, 5.41) is 2.84. The lowest BCUT2D eigenvalue weighted by Gasteiger charge is -2.40. The lowest BCUT2D eigenvalue weighted by molar-refractivity contribution is 0.0956. The summed E-state index contributed by atoms with van der Waals surface area (Å²) in [5.74, 6) is -0.0332. The minimum atomic E-state index is -0.0332. The van der Waals surface area contributed by atoms with Gasteiger partial charge in [0.2, 0.25) is 0 Å². The monoisotopic (exact) mass is 289 g/mol. The van der Waals surface area contributed by atoms with Crippen LogP contribution in [0.1, 0.15) is 50.4 Å². The summed E-state index contributed by atoms with van der Waals surface area (Å²) in [7, 11) is 0. The smallest absolute Gasteiger partial charge is 0.251 e. The molecule has 0 aliphatic carbocycles. The maximum absolute atomic E-state index is 12.0. The van der Waals surface area contributed by atoms with Gasteiger partial charge in [-0.1, -0.05) is 20.3 Å². The number of nitrogens with zero attached hydrogens (tertiary/aromatic N) is 1. The van der Waals surface area contributed by atoms with Crippen LogP contribution in [0.3, 0.4) is 0 Å². The van der Waals surface area contributed by atoms with Gasteiger partial charge in [-0.25, -0.2) is 0 Å². The van der Waals surface area contributed by atoms with Crippen LogP contribution in [-0.2, 0) is 0 Å². The van der Waals surface area contributed by atoms with Crippen LogP contribution >= 0.6 is 0 Å². The zero-order chi connectivity index (χ0) is 15.5. The SMILES string of the molecule is CCNC(=O)c1ccc(N)c(N2CCC(C)(CC)CC2)c1. The molecule has 2 rings (SSSR count). The molecule has 0 atom stereocenters. The van der Waals surface area contributed by atoms with E-state index in [0.29, 0.717) is 17.5 Å². The quantitative estimate of drug-likeness (QED) is 0.838. The van der Waals surface area contributed by atoms with Gasteiger partial charge < -0.3 is 16.0 Å². The third-order valence-electron chi connectivity index (χ3n) is 4.79. The molecule has 0 aromatic heterocycles. The minimum Gasteiger partial charge on any atom is -0.397 e. The molecule has 1 aromatic rings. The summed E-state index contributed by atoms with van der Waals surface area (Å²) >= 11 is 0. The molecule has 1 aromatic carbocycles. The highest BCUT2D eigenvalue weighted by Crippen LogP contribution is 2.37. The Balaban J connectivity index is 2.16. The average Bonchev–Trinajstić information content (AvgIpc) is 2.49. The molecule has 1 fully saturated rings. The first-order valence-corrected chi connectivity index (χ1v) is 7.92. The molecule has 0 bridgehead atoms. The topological polar surface area (TPSA) is 58.4 Å². The van der Waals surface area contributed by atoms with Crippen LogP contribution in [0.4, 0.5) is 11.4 Å². The van der Waals surface area contributed by atoms with Crippen molar-refractivity contribution < 1.29 is 4.79 Å². The van der Waals surface area contributed by atoms with Gasteiger partial charge >= 0.3 is 0 Å². The lowest BCUT2D eigenvalue weighted by atomic mass is 9.78. The molecule has 0 unspecified atom stereocenters. The molecule has 1 saturated heterocycles. The van der Waals surface area contributed by atoms with Crippen LogP contribution in [0.5, 0.6) is 0 Å². The number of nitrogens with two attached hydrogens (primary N) is 1. The number of hydrogen-bond acceptors (Lipinski definition) is 3. The van der Waals surface area contributed by atoms with Crippen LogP contribution in [-0.4, -0.2) is 25.5 Å². The summed E-state index contributed by atoms with van der Waals surface area (Å²) in [6.07, 6.45) is 3.57. The maximum atomic E-state index is 12.0. The number of piperidine rings is 1. The first-order chi connectivity index (χ1) is 9.99. The molecule has 1 aliphatic heterocycles. The molecule has 116 valence electrons. The minimum absolute atomic E-state index is 0.0332. The fraction of sp³-hybridized carbons (Fsp3) is 0.588. The van der Waals surface area contributed by atoms with E-state index in [4.69, 9.17) is 5.73 Å². The van der Waals surface area contributed by atoms with Gasteiger partial charge in [-0.05, 0) is 43.4 Å². The molecule has 0 radical (unpaired) electrons. The Kier molecular flexibility index (Phi) is 4.76. The van der Waals surface area contributed by atoms with Crippen molar-refractivity contribution in [3.8, 4) is 0 Å². The fourth-order valence-corrected chi connectivity index (χ4v) is 2.86. The van der Waals surface area contributed by atoms with Crippen LogP contribution in [0.2, 0.25) is 0 Å². The average molecular weight is 289 g/mol. The van der Waals surface area contributed by atoms with E-state index in [1.807, 2.05) is 19.1 Å². The van der Waals surface area contributed by atoms with E-state index < -0.39 is 0 Å². The molecular formula is C17H27N3O. The van der Waals surface area contributed by atoms with Crippen molar-refractivity contribution in [2.45, 2.75) is 40.0 Å². The second-order valence-electron chi connectivity index (χ2n) is 6.28. The number of nitrogens with one attached hydrogen (secondary N) is 1. The van der Waals surface area contributed by atoms with Crippen LogP contribution in [0.15, 0.2) is 18.2 Å². The van der Waals surface area contributed by atoms with Crippen molar-refractivity contribution in [2.24, 2.45) is 5.41 Å². The first kappa shape index (κ1) is 15.7. The van der Waals surface area contributed by atoms with Gasteiger partial charge in [0, 0.05) is 25.2 Å². The van der Waals surface area contributed by atoms with E-state index in [0.717, 1.165) is 24.5 Å². The highest BCUT2D eigenvalue weighted by molar-refractivity contribution is 5.96. The van der Waals surface area contributed by atoms with E-state index in [-0.39, 0.29) is 5.91 Å². The van der Waals surface area contributed by atoms with Gasteiger partial charge in [0.05, 0.1) is 11.4 Å². The van der Waals surface area contributed by atoms with Gasteiger partial charge in [0.25, 0.3) is 5.91 Å². The van der Waals surface area contributed by atoms with Gasteiger partial charge in [-0.15, -0.1) is 0 Å². The summed E-state index contributed by atoms with van der Waals surface area (Å²) in [6.45, 7) is 9.20. The van der Waals surface area contributed by atoms with Gasteiger partial charge in [-0.3, -0.25) is 4.79 Å². The van der Waals surface area contributed by atoms with Crippen molar-refractivity contribution in [1.82, 2.24) is 5.32 Å². The molecule has 1 amide bonds. The third-order valence-corrected chi connectivity index (χ3v) is 4.79. The van der Waals surface area contributed by atoms with Crippen LogP contribution < -0.4 is 16.0 Å². The number of hydrogen-bond donors (Lipinski definition) is 2. The second-order valence-corrected chi connectivity index (χ2v) is 6.28.